The molecule has 0 N–H and O–H groups in total. The van der Waals surface area contributed by atoms with Crippen molar-refractivity contribution in [3.8, 4) is 11.8 Å². The minimum absolute atomic E-state index is 0.0488. The number of imidazole rings is 1. The Morgan fingerprint density at radius 1 is 1.00 bits per heavy atom. The maximum Gasteiger partial charge on any atom is 0.416 e. The van der Waals surface area contributed by atoms with Crippen LogP contribution in [-0.2, 0) is 26.8 Å². The molecule has 0 aliphatic rings. The number of alkyl halides is 3. The maximum atomic E-state index is 13.1. The van der Waals surface area contributed by atoms with Gasteiger partial charge in [0.2, 0.25) is 0 Å². The molecular weight excluding hydrogens is 427 g/mol. The number of fused-ring (bicyclic) bond motifs is 1. The lowest BCUT2D eigenvalue weighted by molar-refractivity contribution is -0.137. The van der Waals surface area contributed by atoms with Crippen molar-refractivity contribution in [2.45, 2.75) is 19.6 Å². The molecule has 4 rings (SSSR count). The van der Waals surface area contributed by atoms with E-state index >= 15 is 0 Å². The highest BCUT2D eigenvalue weighted by atomic mass is 19.4. The van der Waals surface area contributed by atoms with Crippen LogP contribution in [0.3, 0.4) is 0 Å². The summed E-state index contributed by atoms with van der Waals surface area (Å²) in [6.07, 6.45) is -4.55. The summed E-state index contributed by atoms with van der Waals surface area (Å²) in [5, 5.41) is 0. The van der Waals surface area contributed by atoms with Crippen molar-refractivity contribution >= 4 is 11.2 Å². The van der Waals surface area contributed by atoms with Crippen LogP contribution in [0.25, 0.3) is 11.2 Å². The summed E-state index contributed by atoms with van der Waals surface area (Å²) in [6.45, 7) is 1.86. The van der Waals surface area contributed by atoms with Gasteiger partial charge in [0.15, 0.2) is 11.2 Å². The van der Waals surface area contributed by atoms with E-state index in [1.807, 2.05) is 0 Å². The normalized spacial score (nSPS) is 11.8. The molecular formula is C21H18F3N5O3. The largest absolute Gasteiger partial charge is 0.425 e. The molecule has 4 aromatic rings. The van der Waals surface area contributed by atoms with Crippen LogP contribution in [0.4, 0.5) is 13.2 Å². The van der Waals surface area contributed by atoms with Gasteiger partial charge in [-0.15, -0.1) is 0 Å². The molecule has 0 unspecified atom stereocenters. The molecule has 11 heteroatoms. The van der Waals surface area contributed by atoms with Crippen LogP contribution in [0.5, 0.6) is 11.8 Å². The number of hydrogen-bond acceptors (Lipinski definition) is 5. The molecule has 0 amide bonds. The Balaban J connectivity index is 1.92. The van der Waals surface area contributed by atoms with Crippen LogP contribution >= 0.6 is 0 Å². The average molecular weight is 445 g/mol. The highest BCUT2D eigenvalue weighted by Gasteiger charge is 2.31. The van der Waals surface area contributed by atoms with Gasteiger partial charge in [0.05, 0.1) is 17.8 Å². The SMILES string of the molecule is Cc1cccc(Cn2c(Oc3cccc(C(F)(F)F)c3)nc3c2c(=O)n(C)c(=O)n3C)n1. The molecule has 166 valence electrons. The summed E-state index contributed by atoms with van der Waals surface area (Å²) in [6, 6.07) is 9.51. The highest BCUT2D eigenvalue weighted by molar-refractivity contribution is 5.72. The number of aryl methyl sites for hydroxylation is 2. The van der Waals surface area contributed by atoms with Gasteiger partial charge in [-0.3, -0.25) is 23.5 Å². The third kappa shape index (κ3) is 3.77. The molecule has 0 fully saturated rings. The lowest BCUT2D eigenvalue weighted by Gasteiger charge is -2.12. The summed E-state index contributed by atoms with van der Waals surface area (Å²) in [5.74, 6) is -0.115. The van der Waals surface area contributed by atoms with Gasteiger partial charge in [0.25, 0.3) is 5.56 Å². The fraction of sp³-hybridized carbons (Fsp3) is 0.238. The van der Waals surface area contributed by atoms with E-state index in [-0.39, 0.29) is 29.5 Å². The van der Waals surface area contributed by atoms with Crippen LogP contribution in [-0.4, -0.2) is 23.7 Å². The van der Waals surface area contributed by atoms with Crippen LogP contribution in [0.2, 0.25) is 0 Å². The van der Waals surface area contributed by atoms with E-state index in [4.69, 9.17) is 4.74 Å². The van der Waals surface area contributed by atoms with Crippen molar-refractivity contribution in [2.75, 3.05) is 0 Å². The van der Waals surface area contributed by atoms with Gasteiger partial charge < -0.3 is 4.74 Å². The van der Waals surface area contributed by atoms with E-state index in [0.717, 1.165) is 22.4 Å². The predicted octanol–water partition coefficient (Wildman–Crippen LogP) is 3.00. The van der Waals surface area contributed by atoms with E-state index in [1.54, 1.807) is 25.1 Å². The van der Waals surface area contributed by atoms with Gasteiger partial charge in [-0.25, -0.2) is 4.79 Å². The Labute approximate surface area is 179 Å². The molecule has 1 aromatic carbocycles. The monoisotopic (exact) mass is 445 g/mol. The van der Waals surface area contributed by atoms with Gasteiger partial charge in [-0.05, 0) is 37.3 Å². The molecule has 0 bridgehead atoms. The highest BCUT2D eigenvalue weighted by Crippen LogP contribution is 2.33. The van der Waals surface area contributed by atoms with Crippen LogP contribution < -0.4 is 16.0 Å². The Morgan fingerprint density at radius 2 is 1.72 bits per heavy atom. The van der Waals surface area contributed by atoms with Crippen molar-refractivity contribution in [1.29, 1.82) is 0 Å². The summed E-state index contributed by atoms with van der Waals surface area (Å²) in [4.78, 5) is 33.9. The molecule has 0 aliphatic heterocycles. The molecule has 0 radical (unpaired) electrons. The minimum Gasteiger partial charge on any atom is -0.425 e. The molecule has 3 aromatic heterocycles. The second-order valence-corrected chi connectivity index (χ2v) is 7.26. The lowest BCUT2D eigenvalue weighted by atomic mass is 10.2. The zero-order valence-electron chi connectivity index (χ0n) is 17.3. The fourth-order valence-corrected chi connectivity index (χ4v) is 3.34. The van der Waals surface area contributed by atoms with Crippen LogP contribution in [0, 0.1) is 6.92 Å². The third-order valence-electron chi connectivity index (χ3n) is 4.95. The number of rotatable bonds is 4. The number of pyridine rings is 1. The topological polar surface area (TPSA) is 83.9 Å². The summed E-state index contributed by atoms with van der Waals surface area (Å²) < 4.78 is 48.5. The Hall–Kier alpha value is -3.89. The first-order chi connectivity index (χ1) is 15.1. The first-order valence-electron chi connectivity index (χ1n) is 9.50. The maximum absolute atomic E-state index is 13.1. The van der Waals surface area contributed by atoms with Crippen molar-refractivity contribution in [3.63, 3.8) is 0 Å². The number of hydrogen-bond donors (Lipinski definition) is 0. The van der Waals surface area contributed by atoms with Crippen molar-refractivity contribution in [2.24, 2.45) is 14.1 Å². The standard InChI is InChI=1S/C21H18F3N5O3/c1-12-6-4-8-14(25-12)11-29-16-17(27(2)20(31)28(3)18(16)30)26-19(29)32-15-9-5-7-13(10-15)21(22,23)24/h4-10H,11H2,1-3H3. The van der Waals surface area contributed by atoms with Gasteiger partial charge >= 0.3 is 17.9 Å². The van der Waals surface area contributed by atoms with Gasteiger partial charge in [0, 0.05) is 19.8 Å². The summed E-state index contributed by atoms with van der Waals surface area (Å²) >= 11 is 0. The van der Waals surface area contributed by atoms with Gasteiger partial charge in [0.1, 0.15) is 5.75 Å². The van der Waals surface area contributed by atoms with Crippen LogP contribution in [0.15, 0.2) is 52.1 Å². The zero-order valence-corrected chi connectivity index (χ0v) is 17.3. The predicted molar refractivity (Wildman–Crippen MR) is 110 cm³/mol. The van der Waals surface area contributed by atoms with E-state index in [0.29, 0.717) is 5.69 Å². The number of aromatic nitrogens is 5. The minimum atomic E-state index is -4.55. The number of ether oxygens (including phenoxy) is 1. The molecule has 0 spiro atoms. The third-order valence-corrected chi connectivity index (χ3v) is 4.95. The average Bonchev–Trinajstić information content (AvgIpc) is 3.08. The van der Waals surface area contributed by atoms with Crippen molar-refractivity contribution in [3.05, 3.63) is 80.3 Å². The summed E-state index contributed by atoms with van der Waals surface area (Å²) in [5.41, 5.74) is -0.649. The summed E-state index contributed by atoms with van der Waals surface area (Å²) in [7, 11) is 2.78. The smallest absolute Gasteiger partial charge is 0.416 e. The number of benzene rings is 1. The molecule has 8 nitrogen and oxygen atoms in total. The molecule has 0 saturated carbocycles. The number of nitrogens with zero attached hydrogens (tertiary/aromatic N) is 5. The molecule has 32 heavy (non-hydrogen) atoms. The van der Waals surface area contributed by atoms with E-state index in [1.165, 1.54) is 35.4 Å². The first-order valence-corrected chi connectivity index (χ1v) is 9.50. The van der Waals surface area contributed by atoms with E-state index in [9.17, 15) is 22.8 Å². The molecule has 0 aliphatic carbocycles. The Kier molecular flexibility index (Phi) is 5.11. The second kappa shape index (κ2) is 7.66. The lowest BCUT2D eigenvalue weighted by Crippen LogP contribution is -2.37. The van der Waals surface area contributed by atoms with Gasteiger partial charge in [-0.2, -0.15) is 18.2 Å². The molecule has 0 atom stereocenters. The Bertz CT molecular complexity index is 1450. The first kappa shape index (κ1) is 21.3. The van der Waals surface area contributed by atoms with Crippen LogP contribution in [0.1, 0.15) is 17.0 Å². The molecule has 3 heterocycles. The van der Waals surface area contributed by atoms with Crippen molar-refractivity contribution in [1.82, 2.24) is 23.7 Å². The van der Waals surface area contributed by atoms with E-state index in [2.05, 4.69) is 9.97 Å². The van der Waals surface area contributed by atoms with Crippen molar-refractivity contribution < 1.29 is 17.9 Å². The van der Waals surface area contributed by atoms with E-state index < -0.39 is 23.0 Å². The quantitative estimate of drug-likeness (QED) is 0.482. The zero-order chi connectivity index (χ0) is 23.2. The van der Waals surface area contributed by atoms with Gasteiger partial charge in [-0.1, -0.05) is 12.1 Å². The molecule has 0 saturated heterocycles. The number of halogens is 3. The Morgan fingerprint density at radius 3 is 2.41 bits per heavy atom. The second-order valence-electron chi connectivity index (χ2n) is 7.26. The fourth-order valence-electron chi connectivity index (χ4n) is 3.34.